The molecule has 4 unspecified atom stereocenters. The molecule has 0 saturated carbocycles. The Labute approximate surface area is 187 Å². The molecule has 2 bridgehead atoms. The van der Waals surface area contributed by atoms with Gasteiger partial charge in [0, 0.05) is 55.1 Å². The van der Waals surface area contributed by atoms with Crippen molar-refractivity contribution in [3.05, 3.63) is 59.4 Å². The summed E-state index contributed by atoms with van der Waals surface area (Å²) in [5.41, 5.74) is 4.25. The number of aliphatic hydroxyl groups excluding tert-OH is 1. The van der Waals surface area contributed by atoms with E-state index in [1.807, 2.05) is 30.3 Å². The van der Waals surface area contributed by atoms with Crippen LogP contribution < -0.4 is 0 Å². The van der Waals surface area contributed by atoms with Gasteiger partial charge in [0.1, 0.15) is 11.9 Å². The molecule has 4 fully saturated rings. The van der Waals surface area contributed by atoms with Gasteiger partial charge in [0.2, 0.25) is 0 Å². The summed E-state index contributed by atoms with van der Waals surface area (Å²) in [5, 5.41) is 11.6. The van der Waals surface area contributed by atoms with Crippen LogP contribution in [0.2, 0.25) is 5.02 Å². The number of halogens is 1. The smallest absolute Gasteiger partial charge is 0.137 e. The lowest BCUT2D eigenvalue weighted by Crippen LogP contribution is -2.72. The Bertz CT molecular complexity index is 1070. The van der Waals surface area contributed by atoms with Crippen molar-refractivity contribution in [3.8, 4) is 11.3 Å². The standard InChI is InChI=1S/C24H27ClN4O2/c25-17-8-6-16(7-9-17)23-20(28-10-2-1-5-22(28)26-23)15-27-13-18-12-19(14-27)29(18)24(30)21-4-3-11-31-21/h1-2,5-10,18-19,21,24,30H,3-4,11-15H2. The molecule has 3 aromatic rings. The van der Waals surface area contributed by atoms with Crippen LogP contribution in [0.15, 0.2) is 48.7 Å². The van der Waals surface area contributed by atoms with Crippen molar-refractivity contribution >= 4 is 17.2 Å². The van der Waals surface area contributed by atoms with E-state index in [0.29, 0.717) is 12.1 Å². The molecule has 31 heavy (non-hydrogen) atoms. The summed E-state index contributed by atoms with van der Waals surface area (Å²) < 4.78 is 7.94. The van der Waals surface area contributed by atoms with Crippen LogP contribution in [0.1, 0.15) is 25.0 Å². The third kappa shape index (κ3) is 3.47. The van der Waals surface area contributed by atoms with Crippen LogP contribution >= 0.6 is 11.6 Å². The third-order valence-corrected chi connectivity index (χ3v) is 7.30. The van der Waals surface area contributed by atoms with E-state index in [4.69, 9.17) is 21.3 Å². The van der Waals surface area contributed by atoms with Crippen LogP contribution in [0.5, 0.6) is 0 Å². The Kier molecular flexibility index (Phi) is 5.00. The third-order valence-electron chi connectivity index (χ3n) is 7.05. The molecular formula is C24H27ClN4O2. The van der Waals surface area contributed by atoms with Crippen molar-refractivity contribution in [2.45, 2.75) is 50.2 Å². The van der Waals surface area contributed by atoms with Gasteiger partial charge in [0.15, 0.2) is 0 Å². The number of hydrogen-bond acceptors (Lipinski definition) is 5. The summed E-state index contributed by atoms with van der Waals surface area (Å²) in [5.74, 6) is 0. The minimum absolute atomic E-state index is 0.0212. The Morgan fingerprint density at radius 1 is 1.13 bits per heavy atom. The van der Waals surface area contributed by atoms with Crippen LogP contribution in [-0.2, 0) is 11.3 Å². The highest BCUT2D eigenvalue weighted by molar-refractivity contribution is 6.30. The predicted octanol–water partition coefficient (Wildman–Crippen LogP) is 3.41. The largest absolute Gasteiger partial charge is 0.376 e. The molecule has 0 spiro atoms. The number of fused-ring (bicyclic) bond motifs is 3. The summed E-state index contributed by atoms with van der Waals surface area (Å²) in [7, 11) is 0. The fourth-order valence-corrected chi connectivity index (χ4v) is 5.69. The van der Waals surface area contributed by atoms with Crippen LogP contribution in [0.4, 0.5) is 0 Å². The van der Waals surface area contributed by atoms with E-state index in [2.05, 4.69) is 32.5 Å². The SMILES string of the molecule is OC(C1CCCO1)N1C2CC1CN(Cc1c(-c3ccc(Cl)cc3)nc3ccccn13)C2. The molecule has 6 nitrogen and oxygen atoms in total. The van der Waals surface area contributed by atoms with E-state index in [-0.39, 0.29) is 6.10 Å². The van der Waals surface area contributed by atoms with Gasteiger partial charge in [-0.25, -0.2) is 4.98 Å². The molecule has 7 heteroatoms. The summed E-state index contributed by atoms with van der Waals surface area (Å²) in [4.78, 5) is 9.73. The Morgan fingerprint density at radius 2 is 1.94 bits per heavy atom. The number of nitrogens with zero attached hydrogens (tertiary/aromatic N) is 4. The molecule has 2 aromatic heterocycles. The van der Waals surface area contributed by atoms with Crippen molar-refractivity contribution in [3.63, 3.8) is 0 Å². The summed E-state index contributed by atoms with van der Waals surface area (Å²) in [6.07, 6.45) is 4.79. The first kappa shape index (κ1) is 19.7. The number of imidazole rings is 1. The predicted molar refractivity (Wildman–Crippen MR) is 120 cm³/mol. The van der Waals surface area contributed by atoms with Crippen LogP contribution in [0.3, 0.4) is 0 Å². The topological polar surface area (TPSA) is 53.2 Å². The molecule has 0 aliphatic carbocycles. The molecule has 1 N–H and O–H groups in total. The minimum Gasteiger partial charge on any atom is -0.376 e. The maximum Gasteiger partial charge on any atom is 0.137 e. The average molecular weight is 439 g/mol. The maximum atomic E-state index is 10.8. The number of rotatable bonds is 5. The highest BCUT2D eigenvalue weighted by atomic mass is 35.5. The quantitative estimate of drug-likeness (QED) is 0.661. The number of pyridine rings is 1. The molecule has 4 saturated heterocycles. The lowest BCUT2D eigenvalue weighted by Gasteiger charge is -2.58. The van der Waals surface area contributed by atoms with Gasteiger partial charge in [-0.1, -0.05) is 29.8 Å². The first-order valence-corrected chi connectivity index (χ1v) is 11.6. The van der Waals surface area contributed by atoms with Gasteiger partial charge in [-0.15, -0.1) is 0 Å². The van der Waals surface area contributed by atoms with Crippen molar-refractivity contribution in [1.29, 1.82) is 0 Å². The molecule has 7 rings (SSSR count). The minimum atomic E-state index is -0.464. The maximum absolute atomic E-state index is 10.8. The molecule has 6 heterocycles. The van der Waals surface area contributed by atoms with Crippen molar-refractivity contribution in [1.82, 2.24) is 19.2 Å². The summed E-state index contributed by atoms with van der Waals surface area (Å²) >= 11 is 6.11. The van der Waals surface area contributed by atoms with Crippen molar-refractivity contribution in [2.24, 2.45) is 0 Å². The Morgan fingerprint density at radius 3 is 2.68 bits per heavy atom. The van der Waals surface area contributed by atoms with Crippen molar-refractivity contribution in [2.75, 3.05) is 19.7 Å². The van der Waals surface area contributed by atoms with Gasteiger partial charge in [-0.05, 0) is 43.5 Å². The molecule has 1 aromatic carbocycles. The second-order valence-electron chi connectivity index (χ2n) is 8.99. The average Bonchev–Trinajstić information content (AvgIpc) is 3.43. The van der Waals surface area contributed by atoms with Gasteiger partial charge >= 0.3 is 0 Å². The van der Waals surface area contributed by atoms with Crippen LogP contribution in [0, 0.1) is 0 Å². The molecular weight excluding hydrogens is 412 g/mol. The lowest BCUT2D eigenvalue weighted by molar-refractivity contribution is -0.194. The molecule has 4 aliphatic heterocycles. The highest BCUT2D eigenvalue weighted by Crippen LogP contribution is 2.37. The number of piperidine rings is 1. The lowest BCUT2D eigenvalue weighted by atomic mass is 9.86. The monoisotopic (exact) mass is 438 g/mol. The highest BCUT2D eigenvalue weighted by Gasteiger charge is 2.49. The van der Waals surface area contributed by atoms with Crippen LogP contribution in [0.25, 0.3) is 16.9 Å². The second-order valence-corrected chi connectivity index (χ2v) is 9.43. The van der Waals surface area contributed by atoms with Gasteiger partial charge < -0.3 is 14.2 Å². The summed E-state index contributed by atoms with van der Waals surface area (Å²) in [6, 6.07) is 14.9. The number of aliphatic hydroxyl groups is 1. The molecule has 0 radical (unpaired) electrons. The van der Waals surface area contributed by atoms with E-state index in [0.717, 1.165) is 67.4 Å². The van der Waals surface area contributed by atoms with E-state index in [1.165, 1.54) is 5.69 Å². The number of hydrogen-bond donors (Lipinski definition) is 1. The number of benzene rings is 1. The van der Waals surface area contributed by atoms with Crippen molar-refractivity contribution < 1.29 is 9.84 Å². The fourth-order valence-electron chi connectivity index (χ4n) is 5.57. The zero-order valence-corrected chi connectivity index (χ0v) is 18.2. The zero-order valence-electron chi connectivity index (χ0n) is 17.4. The number of ether oxygens (including phenoxy) is 1. The Hall–Kier alpha value is -1.96. The second kappa shape index (κ2) is 7.87. The molecule has 162 valence electrons. The van der Waals surface area contributed by atoms with E-state index >= 15 is 0 Å². The molecule has 4 aliphatic rings. The first-order valence-electron chi connectivity index (χ1n) is 11.2. The molecule has 4 atom stereocenters. The summed E-state index contributed by atoms with van der Waals surface area (Å²) in [6.45, 7) is 3.53. The van der Waals surface area contributed by atoms with Crippen LogP contribution in [-0.4, -0.2) is 68.4 Å². The number of piperazine rings is 1. The van der Waals surface area contributed by atoms with E-state index < -0.39 is 6.23 Å². The zero-order chi connectivity index (χ0) is 20.9. The van der Waals surface area contributed by atoms with Gasteiger partial charge in [-0.3, -0.25) is 9.80 Å². The number of aromatic nitrogens is 2. The van der Waals surface area contributed by atoms with Gasteiger partial charge in [-0.2, -0.15) is 0 Å². The normalized spacial score (nSPS) is 27.5. The molecule has 0 amide bonds. The fraction of sp³-hybridized carbons (Fsp3) is 0.458. The van der Waals surface area contributed by atoms with E-state index in [9.17, 15) is 5.11 Å². The first-order chi connectivity index (χ1) is 15.2. The van der Waals surface area contributed by atoms with E-state index in [1.54, 1.807) is 0 Å². The van der Waals surface area contributed by atoms with Gasteiger partial charge in [0.05, 0.1) is 17.5 Å². The Balaban J connectivity index is 1.24. The van der Waals surface area contributed by atoms with Gasteiger partial charge in [0.25, 0.3) is 0 Å².